The van der Waals surface area contributed by atoms with Gasteiger partial charge in [-0.1, -0.05) is 32.6 Å². The lowest BCUT2D eigenvalue weighted by Gasteiger charge is -2.58. The highest BCUT2D eigenvalue weighted by Crippen LogP contribution is 2.46. The van der Waals surface area contributed by atoms with Crippen LogP contribution in [0.5, 0.6) is 0 Å². The van der Waals surface area contributed by atoms with E-state index < -0.39 is 0 Å². The molecule has 1 N–H and O–H groups in total. The van der Waals surface area contributed by atoms with Crippen LogP contribution in [-0.4, -0.2) is 35.2 Å². The van der Waals surface area contributed by atoms with Crippen molar-refractivity contribution in [1.82, 2.24) is 4.90 Å². The molecule has 1 saturated heterocycles. The van der Waals surface area contributed by atoms with E-state index in [1.807, 2.05) is 0 Å². The molecule has 1 aliphatic carbocycles. The maximum Gasteiger partial charge on any atom is 0.0448 e. The van der Waals surface area contributed by atoms with Crippen molar-refractivity contribution in [3.8, 4) is 0 Å². The molecule has 0 aromatic rings. The van der Waals surface area contributed by atoms with Gasteiger partial charge in [0, 0.05) is 25.2 Å². The largest absolute Gasteiger partial charge is 0.396 e. The van der Waals surface area contributed by atoms with E-state index in [1.54, 1.807) is 0 Å². The number of nitrogens with zero attached hydrogens (tertiary/aromatic N) is 1. The highest BCUT2D eigenvalue weighted by Gasteiger charge is 2.48. The first-order chi connectivity index (χ1) is 8.14. The average Bonchev–Trinajstić information content (AvgIpc) is 2.52. The van der Waals surface area contributed by atoms with E-state index in [1.165, 1.54) is 51.6 Å². The highest BCUT2D eigenvalue weighted by molar-refractivity contribution is 5.02. The summed E-state index contributed by atoms with van der Waals surface area (Å²) in [5, 5.41) is 9.22. The number of aliphatic hydroxyl groups is 1. The van der Waals surface area contributed by atoms with Crippen LogP contribution < -0.4 is 0 Å². The summed E-state index contributed by atoms with van der Waals surface area (Å²) in [5.41, 5.74) is 0.898. The lowest BCUT2D eigenvalue weighted by molar-refractivity contribution is -0.0886. The first kappa shape index (κ1) is 13.4. The van der Waals surface area contributed by atoms with E-state index in [9.17, 15) is 5.11 Å². The Morgan fingerprint density at radius 2 is 1.71 bits per heavy atom. The minimum absolute atomic E-state index is 0.242. The van der Waals surface area contributed by atoms with Gasteiger partial charge < -0.3 is 5.11 Å². The molecule has 0 aromatic heterocycles. The number of hydrogen-bond donors (Lipinski definition) is 1. The Bertz CT molecular complexity index is 237. The van der Waals surface area contributed by atoms with Crippen molar-refractivity contribution in [2.24, 2.45) is 5.41 Å². The number of hydrogen-bond acceptors (Lipinski definition) is 2. The molecule has 2 aliphatic rings. The monoisotopic (exact) mass is 239 g/mol. The summed E-state index contributed by atoms with van der Waals surface area (Å²) in [6.07, 6.45) is 10.8. The lowest BCUT2D eigenvalue weighted by Crippen LogP contribution is -2.64. The standard InChI is InChI=1S/C15H29NO/c1-3-14(2,10-11-17)16-12-15(13-16)8-6-4-5-7-9-15/h17H,3-13H2,1-2H3. The molecule has 1 heterocycles. The predicted molar refractivity (Wildman–Crippen MR) is 72.1 cm³/mol. The van der Waals surface area contributed by atoms with E-state index in [-0.39, 0.29) is 5.54 Å². The molecule has 2 heteroatoms. The Morgan fingerprint density at radius 1 is 1.12 bits per heavy atom. The first-order valence-electron chi connectivity index (χ1n) is 7.50. The van der Waals surface area contributed by atoms with Gasteiger partial charge in [-0.25, -0.2) is 0 Å². The van der Waals surface area contributed by atoms with Crippen molar-refractivity contribution in [3.63, 3.8) is 0 Å². The summed E-state index contributed by atoms with van der Waals surface area (Å²) in [7, 11) is 0. The molecular formula is C15H29NO. The summed E-state index contributed by atoms with van der Waals surface area (Å²) in [4.78, 5) is 2.63. The molecule has 2 nitrogen and oxygen atoms in total. The lowest BCUT2D eigenvalue weighted by atomic mass is 9.70. The zero-order chi connectivity index (χ0) is 12.4. The zero-order valence-electron chi connectivity index (χ0n) is 11.7. The van der Waals surface area contributed by atoms with Crippen LogP contribution in [0.4, 0.5) is 0 Å². The quantitative estimate of drug-likeness (QED) is 0.814. The van der Waals surface area contributed by atoms with Gasteiger partial charge in [-0.15, -0.1) is 0 Å². The third kappa shape index (κ3) is 2.68. The number of likely N-dealkylation sites (tertiary alicyclic amines) is 1. The maximum absolute atomic E-state index is 9.22. The summed E-state index contributed by atoms with van der Waals surface area (Å²) in [6.45, 7) is 7.49. The minimum Gasteiger partial charge on any atom is -0.396 e. The van der Waals surface area contributed by atoms with Gasteiger partial charge in [-0.2, -0.15) is 0 Å². The van der Waals surface area contributed by atoms with Gasteiger partial charge in [0.15, 0.2) is 0 Å². The van der Waals surface area contributed by atoms with Crippen molar-refractivity contribution < 1.29 is 5.11 Å². The van der Waals surface area contributed by atoms with Crippen molar-refractivity contribution in [3.05, 3.63) is 0 Å². The molecule has 1 spiro atoms. The molecule has 1 saturated carbocycles. The molecule has 1 aliphatic heterocycles. The Morgan fingerprint density at radius 3 is 2.18 bits per heavy atom. The minimum atomic E-state index is 0.242. The highest BCUT2D eigenvalue weighted by atomic mass is 16.3. The second-order valence-electron chi connectivity index (χ2n) is 6.59. The van der Waals surface area contributed by atoms with Gasteiger partial charge in [0.2, 0.25) is 0 Å². The van der Waals surface area contributed by atoms with Crippen molar-refractivity contribution >= 4 is 0 Å². The second-order valence-corrected chi connectivity index (χ2v) is 6.59. The summed E-state index contributed by atoms with van der Waals surface area (Å²) >= 11 is 0. The van der Waals surface area contributed by atoms with Gasteiger partial charge in [0.05, 0.1) is 0 Å². The van der Waals surface area contributed by atoms with Crippen LogP contribution >= 0.6 is 0 Å². The Labute approximate surface area is 106 Å². The van der Waals surface area contributed by atoms with E-state index in [0.717, 1.165) is 12.8 Å². The summed E-state index contributed by atoms with van der Waals surface area (Å²) < 4.78 is 0. The molecule has 0 aromatic carbocycles. The fourth-order valence-corrected chi connectivity index (χ4v) is 3.74. The molecule has 2 fully saturated rings. The number of aliphatic hydroxyl groups excluding tert-OH is 1. The Balaban J connectivity index is 1.91. The fourth-order valence-electron chi connectivity index (χ4n) is 3.74. The molecule has 17 heavy (non-hydrogen) atoms. The molecule has 0 bridgehead atoms. The van der Waals surface area contributed by atoms with Crippen LogP contribution in [0.1, 0.15) is 65.2 Å². The predicted octanol–water partition coefficient (Wildman–Crippen LogP) is 3.19. The third-order valence-corrected chi connectivity index (χ3v) is 5.39. The molecule has 0 radical (unpaired) electrons. The molecular weight excluding hydrogens is 210 g/mol. The summed E-state index contributed by atoms with van der Waals surface area (Å²) in [6, 6.07) is 0. The second kappa shape index (κ2) is 5.27. The van der Waals surface area contributed by atoms with Gasteiger partial charge in [0.25, 0.3) is 0 Å². The first-order valence-corrected chi connectivity index (χ1v) is 7.50. The molecule has 100 valence electrons. The molecule has 2 rings (SSSR count). The topological polar surface area (TPSA) is 23.5 Å². The van der Waals surface area contributed by atoms with E-state index >= 15 is 0 Å². The van der Waals surface area contributed by atoms with Gasteiger partial charge >= 0.3 is 0 Å². The van der Waals surface area contributed by atoms with Crippen molar-refractivity contribution in [2.75, 3.05) is 19.7 Å². The van der Waals surface area contributed by atoms with Crippen LogP contribution in [0.2, 0.25) is 0 Å². The van der Waals surface area contributed by atoms with Gasteiger partial charge in [-0.05, 0) is 38.0 Å². The zero-order valence-corrected chi connectivity index (χ0v) is 11.7. The van der Waals surface area contributed by atoms with E-state index in [2.05, 4.69) is 18.7 Å². The fraction of sp³-hybridized carbons (Fsp3) is 1.00. The maximum atomic E-state index is 9.22. The smallest absolute Gasteiger partial charge is 0.0448 e. The summed E-state index contributed by atoms with van der Waals surface area (Å²) in [5.74, 6) is 0. The SMILES string of the molecule is CCC(C)(CCO)N1CC2(CCCCCC2)C1. The van der Waals surface area contributed by atoms with Crippen LogP contribution in [0.25, 0.3) is 0 Å². The Hall–Kier alpha value is -0.0800. The van der Waals surface area contributed by atoms with Crippen LogP contribution in [0.3, 0.4) is 0 Å². The average molecular weight is 239 g/mol. The van der Waals surface area contributed by atoms with E-state index in [4.69, 9.17) is 0 Å². The molecule has 1 atom stereocenters. The Kier molecular flexibility index (Phi) is 4.14. The van der Waals surface area contributed by atoms with Crippen molar-refractivity contribution in [1.29, 1.82) is 0 Å². The normalized spacial score (nSPS) is 28.4. The molecule has 1 unspecified atom stereocenters. The van der Waals surface area contributed by atoms with Crippen LogP contribution in [0.15, 0.2) is 0 Å². The third-order valence-electron chi connectivity index (χ3n) is 5.39. The van der Waals surface area contributed by atoms with Gasteiger partial charge in [0.1, 0.15) is 0 Å². The van der Waals surface area contributed by atoms with Crippen LogP contribution in [0, 0.1) is 5.41 Å². The van der Waals surface area contributed by atoms with Crippen molar-refractivity contribution in [2.45, 2.75) is 70.8 Å². The van der Waals surface area contributed by atoms with E-state index in [0.29, 0.717) is 12.0 Å². The molecule has 0 amide bonds. The van der Waals surface area contributed by atoms with Crippen LogP contribution in [-0.2, 0) is 0 Å². The van der Waals surface area contributed by atoms with Gasteiger partial charge in [-0.3, -0.25) is 4.90 Å². The number of rotatable bonds is 4.